The first-order valence-corrected chi connectivity index (χ1v) is 11.7. The van der Waals surface area contributed by atoms with Gasteiger partial charge >= 0.3 is 6.18 Å². The van der Waals surface area contributed by atoms with Crippen LogP contribution in [0, 0.1) is 11.8 Å². The van der Waals surface area contributed by atoms with Crippen LogP contribution in [0.4, 0.5) is 18.9 Å². The molecule has 1 unspecified atom stereocenters. The fraction of sp³-hybridized carbons (Fsp3) is 0.333. The molecule has 0 aromatic heterocycles. The Balaban J connectivity index is 1.30. The molecule has 35 heavy (non-hydrogen) atoms. The number of benzene rings is 3. The second-order valence-corrected chi connectivity index (χ2v) is 9.34. The average Bonchev–Trinajstić information content (AvgIpc) is 3.66. The number of nitrogens with one attached hydrogen (secondary N) is 2. The highest BCUT2D eigenvalue weighted by molar-refractivity contribution is 6.05. The molecule has 1 aliphatic heterocycles. The Morgan fingerprint density at radius 3 is 2.43 bits per heavy atom. The van der Waals surface area contributed by atoms with Gasteiger partial charge in [0.2, 0.25) is 5.91 Å². The number of carbonyl (C=O) groups excluding carboxylic acids is 2. The number of hydrogen-bond donors (Lipinski definition) is 2. The smallest absolute Gasteiger partial charge is 0.416 e. The molecule has 5 rings (SSSR count). The molecule has 3 aromatic carbocycles. The van der Waals surface area contributed by atoms with Gasteiger partial charge in [0.1, 0.15) is 5.75 Å². The van der Waals surface area contributed by atoms with Crippen LogP contribution in [0.5, 0.6) is 5.75 Å². The van der Waals surface area contributed by atoms with E-state index in [0.717, 1.165) is 65.6 Å². The summed E-state index contributed by atoms with van der Waals surface area (Å²) in [4.78, 5) is 24.7. The summed E-state index contributed by atoms with van der Waals surface area (Å²) in [6, 6.07) is 13.5. The first kappa shape index (κ1) is 23.2. The molecule has 1 heterocycles. The van der Waals surface area contributed by atoms with E-state index in [4.69, 9.17) is 4.74 Å². The normalized spacial score (nSPS) is 17.4. The summed E-state index contributed by atoms with van der Waals surface area (Å²) in [5.41, 5.74) is 0.889. The van der Waals surface area contributed by atoms with Crippen LogP contribution in [-0.4, -0.2) is 25.0 Å². The second-order valence-electron chi connectivity index (χ2n) is 9.34. The van der Waals surface area contributed by atoms with Crippen molar-refractivity contribution in [3.8, 4) is 5.75 Å². The summed E-state index contributed by atoms with van der Waals surface area (Å²) in [7, 11) is 0. The lowest BCUT2D eigenvalue weighted by atomic mass is 9.92. The summed E-state index contributed by atoms with van der Waals surface area (Å²) < 4.78 is 44.3. The Kier molecular flexibility index (Phi) is 6.13. The van der Waals surface area contributed by atoms with E-state index in [2.05, 4.69) is 10.6 Å². The Labute approximate surface area is 200 Å². The average molecular weight is 483 g/mol. The van der Waals surface area contributed by atoms with E-state index in [9.17, 15) is 22.8 Å². The molecule has 182 valence electrons. The molecule has 0 bridgehead atoms. The number of ether oxygens (including phenoxy) is 1. The van der Waals surface area contributed by atoms with E-state index in [1.165, 1.54) is 0 Å². The highest BCUT2D eigenvalue weighted by Gasteiger charge is 2.30. The molecule has 2 amide bonds. The summed E-state index contributed by atoms with van der Waals surface area (Å²) in [6.45, 7) is 1.07. The van der Waals surface area contributed by atoms with Gasteiger partial charge in [0.25, 0.3) is 5.91 Å². The third kappa shape index (κ3) is 5.42. The largest absolute Gasteiger partial charge is 0.493 e. The van der Waals surface area contributed by atoms with Gasteiger partial charge in [0.15, 0.2) is 0 Å². The molecular formula is C27H25F3N2O3. The first-order valence-electron chi connectivity index (χ1n) is 11.7. The SMILES string of the molecule is O=C(CC1CC1)NCC1COc2ccc3ccc(NC(=O)c4ccc(C(F)(F)F)cc4)cc3c2C1. The van der Waals surface area contributed by atoms with E-state index >= 15 is 0 Å². The van der Waals surface area contributed by atoms with Gasteiger partial charge in [0, 0.05) is 35.7 Å². The van der Waals surface area contributed by atoms with Crippen molar-refractivity contribution < 1.29 is 27.5 Å². The predicted molar refractivity (Wildman–Crippen MR) is 126 cm³/mol. The van der Waals surface area contributed by atoms with Crippen LogP contribution >= 0.6 is 0 Å². The maximum absolute atomic E-state index is 12.8. The van der Waals surface area contributed by atoms with Crippen molar-refractivity contribution in [3.63, 3.8) is 0 Å². The second kappa shape index (κ2) is 9.24. The van der Waals surface area contributed by atoms with Crippen molar-refractivity contribution >= 4 is 28.3 Å². The number of fused-ring (bicyclic) bond motifs is 3. The standard InChI is InChI=1S/C27H25F3N2O3/c28-27(29,30)20-7-3-19(4-8-20)26(34)32-21-9-5-18-6-10-24-23(22(18)13-21)11-17(15-35-24)14-31-25(33)12-16-1-2-16/h3-10,13,16-17H,1-2,11-12,14-15H2,(H,31,33)(H,32,34). The van der Waals surface area contributed by atoms with Gasteiger partial charge in [-0.05, 0) is 78.4 Å². The zero-order valence-corrected chi connectivity index (χ0v) is 19.0. The third-order valence-electron chi connectivity index (χ3n) is 6.55. The quantitative estimate of drug-likeness (QED) is 0.482. The van der Waals surface area contributed by atoms with Crippen LogP contribution in [-0.2, 0) is 17.4 Å². The van der Waals surface area contributed by atoms with Gasteiger partial charge in [-0.15, -0.1) is 0 Å². The van der Waals surface area contributed by atoms with E-state index < -0.39 is 17.6 Å². The zero-order valence-electron chi connectivity index (χ0n) is 19.0. The van der Waals surface area contributed by atoms with Crippen molar-refractivity contribution in [3.05, 3.63) is 71.3 Å². The van der Waals surface area contributed by atoms with E-state index in [0.29, 0.717) is 31.2 Å². The van der Waals surface area contributed by atoms with Crippen molar-refractivity contribution in [1.82, 2.24) is 5.32 Å². The van der Waals surface area contributed by atoms with Crippen LogP contribution in [0.1, 0.15) is 40.7 Å². The molecule has 0 radical (unpaired) electrons. The molecule has 0 spiro atoms. The number of hydrogen-bond acceptors (Lipinski definition) is 3. The number of carbonyl (C=O) groups is 2. The zero-order chi connectivity index (χ0) is 24.6. The van der Waals surface area contributed by atoms with E-state index in [1.54, 1.807) is 6.07 Å². The fourth-order valence-electron chi connectivity index (χ4n) is 4.40. The summed E-state index contributed by atoms with van der Waals surface area (Å²) in [5.74, 6) is 1.06. The molecule has 0 saturated heterocycles. The Hall–Kier alpha value is -3.55. The summed E-state index contributed by atoms with van der Waals surface area (Å²) in [6.07, 6.45) is -0.859. The van der Waals surface area contributed by atoms with Crippen LogP contribution in [0.25, 0.3) is 10.8 Å². The molecule has 1 fully saturated rings. The van der Waals surface area contributed by atoms with Gasteiger partial charge in [0.05, 0.1) is 12.2 Å². The minimum atomic E-state index is -4.45. The third-order valence-corrected chi connectivity index (χ3v) is 6.55. The van der Waals surface area contributed by atoms with Gasteiger partial charge in [-0.1, -0.05) is 12.1 Å². The number of rotatable bonds is 6. The van der Waals surface area contributed by atoms with Crippen molar-refractivity contribution in [2.75, 3.05) is 18.5 Å². The van der Waals surface area contributed by atoms with E-state index in [-0.39, 0.29) is 17.4 Å². The topological polar surface area (TPSA) is 67.4 Å². The summed E-state index contributed by atoms with van der Waals surface area (Å²) in [5, 5.41) is 7.71. The molecule has 2 N–H and O–H groups in total. The number of alkyl halides is 3. The minimum Gasteiger partial charge on any atom is -0.493 e. The van der Waals surface area contributed by atoms with Gasteiger partial charge in [-0.25, -0.2) is 0 Å². The van der Waals surface area contributed by atoms with Crippen LogP contribution in [0.3, 0.4) is 0 Å². The predicted octanol–water partition coefficient (Wildman–Crippen LogP) is 5.58. The lowest BCUT2D eigenvalue weighted by molar-refractivity contribution is -0.137. The lowest BCUT2D eigenvalue weighted by Gasteiger charge is -2.27. The monoisotopic (exact) mass is 482 g/mol. The van der Waals surface area contributed by atoms with Crippen molar-refractivity contribution in [2.24, 2.45) is 11.8 Å². The highest BCUT2D eigenvalue weighted by Crippen LogP contribution is 2.36. The lowest BCUT2D eigenvalue weighted by Crippen LogP contribution is -2.35. The molecule has 1 aliphatic carbocycles. The summed E-state index contributed by atoms with van der Waals surface area (Å²) >= 11 is 0. The molecular weight excluding hydrogens is 457 g/mol. The van der Waals surface area contributed by atoms with E-state index in [1.807, 2.05) is 24.3 Å². The molecule has 1 atom stereocenters. The Morgan fingerprint density at radius 2 is 1.71 bits per heavy atom. The number of amides is 2. The van der Waals surface area contributed by atoms with Crippen molar-refractivity contribution in [1.29, 1.82) is 0 Å². The molecule has 1 saturated carbocycles. The Bertz CT molecular complexity index is 1270. The van der Waals surface area contributed by atoms with Crippen molar-refractivity contribution in [2.45, 2.75) is 31.9 Å². The van der Waals surface area contributed by atoms with Crippen LogP contribution in [0.15, 0.2) is 54.6 Å². The Morgan fingerprint density at radius 1 is 0.971 bits per heavy atom. The maximum atomic E-state index is 12.8. The maximum Gasteiger partial charge on any atom is 0.416 e. The van der Waals surface area contributed by atoms with Gasteiger partial charge < -0.3 is 15.4 Å². The van der Waals surface area contributed by atoms with Gasteiger partial charge in [-0.2, -0.15) is 13.2 Å². The number of anilines is 1. The first-order chi connectivity index (χ1) is 16.8. The minimum absolute atomic E-state index is 0.0875. The highest BCUT2D eigenvalue weighted by atomic mass is 19.4. The molecule has 3 aromatic rings. The molecule has 8 heteroatoms. The van der Waals surface area contributed by atoms with Crippen LogP contribution in [0.2, 0.25) is 0 Å². The molecule has 5 nitrogen and oxygen atoms in total. The van der Waals surface area contributed by atoms with Gasteiger partial charge in [-0.3, -0.25) is 9.59 Å². The number of halogens is 3. The molecule has 2 aliphatic rings. The van der Waals surface area contributed by atoms with Crippen LogP contribution < -0.4 is 15.4 Å². The fourth-order valence-corrected chi connectivity index (χ4v) is 4.40.